The number of rotatable bonds is 18. The van der Waals surface area contributed by atoms with E-state index in [4.69, 9.17) is 44.6 Å². The topological polar surface area (TPSA) is 355 Å². The minimum absolute atomic E-state index is 0.00137. The molecular formula is C55H70N4O19. The summed E-state index contributed by atoms with van der Waals surface area (Å²) in [5.41, 5.74) is 2.68. The van der Waals surface area contributed by atoms with Gasteiger partial charge in [0.25, 0.3) is 0 Å². The van der Waals surface area contributed by atoms with Crippen molar-refractivity contribution in [2.45, 2.75) is 172 Å². The number of nitrogens with two attached hydrogens (primary N) is 2. The van der Waals surface area contributed by atoms with Gasteiger partial charge in [0.05, 0.1) is 54.5 Å². The van der Waals surface area contributed by atoms with Gasteiger partial charge >= 0.3 is 35.9 Å². The summed E-state index contributed by atoms with van der Waals surface area (Å²) in [6.07, 6.45) is -13.5. The first-order chi connectivity index (χ1) is 36.4. The summed E-state index contributed by atoms with van der Waals surface area (Å²) >= 11 is 0. The maximum Gasteiger partial charge on any atom is 0.408 e. The quantitative estimate of drug-likeness (QED) is 0.0634. The fourth-order valence-electron chi connectivity index (χ4n) is 11.5. The normalized spacial score (nSPS) is 29.6. The molecule has 23 heteroatoms. The zero-order valence-electron chi connectivity index (χ0n) is 44.8. The second-order valence-electron chi connectivity index (χ2n) is 22.6. The monoisotopic (exact) mass is 1090 g/mol. The summed E-state index contributed by atoms with van der Waals surface area (Å²) < 4.78 is 41.1. The van der Waals surface area contributed by atoms with Crippen LogP contribution in [0.15, 0.2) is 71.8 Å². The number of alkyl carbamates (subject to hydrolysis) is 1. The lowest BCUT2D eigenvalue weighted by molar-refractivity contribution is -0.346. The molecule has 4 aliphatic carbocycles. The molecule has 23 nitrogen and oxygen atoms in total. The van der Waals surface area contributed by atoms with Crippen LogP contribution in [-0.4, -0.2) is 147 Å². The van der Waals surface area contributed by atoms with Crippen LogP contribution in [0.4, 0.5) is 4.79 Å². The Bertz CT molecular complexity index is 2710. The van der Waals surface area contributed by atoms with Gasteiger partial charge in [-0.15, -0.1) is 0 Å². The summed E-state index contributed by atoms with van der Waals surface area (Å²) in [5.74, 6) is -11.0. The number of carbonyl (C=O) groups is 9. The number of amides is 3. The Balaban J connectivity index is 1.27. The van der Waals surface area contributed by atoms with Crippen LogP contribution in [0.2, 0.25) is 0 Å². The van der Waals surface area contributed by atoms with Crippen LogP contribution in [0.3, 0.4) is 0 Å². The third kappa shape index (κ3) is 11.8. The highest BCUT2D eigenvalue weighted by Crippen LogP contribution is 2.64. The predicted molar refractivity (Wildman–Crippen MR) is 269 cm³/mol. The smallest absolute Gasteiger partial charge is 0.408 e. The Kier molecular flexibility index (Phi) is 17.0. The zero-order chi connectivity index (χ0) is 57.4. The molecule has 4 fully saturated rings. The molecule has 0 radical (unpaired) electrons. The van der Waals surface area contributed by atoms with Gasteiger partial charge in [0.2, 0.25) is 17.9 Å². The van der Waals surface area contributed by atoms with E-state index in [0.29, 0.717) is 18.4 Å². The molecule has 78 heavy (non-hydrogen) atoms. The summed E-state index contributed by atoms with van der Waals surface area (Å²) in [6, 6.07) is 11.3. The van der Waals surface area contributed by atoms with Crippen LogP contribution in [0.5, 0.6) is 0 Å². The second-order valence-corrected chi connectivity index (χ2v) is 22.6. The highest BCUT2D eigenvalue weighted by molar-refractivity contribution is 5.95. The molecule has 0 aromatic heterocycles. The van der Waals surface area contributed by atoms with E-state index < -0.39 is 167 Å². The SMILES string of the molecule is CC(=O)O[C@@]12CO[C@@H]1C[C@H](O)[C@@]1(C)C(=O)[C@H](O)C3=C(C)[C@@H](OC(=O)C(OC(=O)[C@H](CC(N)=O)NC(=O)[C@H](N)CC(=O)OCc4ccccc4)[C@@H](NC(=O)OC(C)(C)C)C4CC4)C[C@@](O)([C@@H](OC(=O)c4ccccc4)[C@H]21)C3(C)C. The van der Waals surface area contributed by atoms with Gasteiger partial charge in [-0.25, -0.2) is 19.2 Å². The largest absolute Gasteiger partial charge is 0.461 e. The Morgan fingerprint density at radius 3 is 2.08 bits per heavy atom. The molecule has 0 spiro atoms. The summed E-state index contributed by atoms with van der Waals surface area (Å²) in [5, 5.41) is 43.1. The number of fused-ring (bicyclic) bond motifs is 5. The van der Waals surface area contributed by atoms with E-state index >= 15 is 9.59 Å². The maximum atomic E-state index is 15.3. The number of hydrogen-bond donors (Lipinski definition) is 7. The van der Waals surface area contributed by atoms with Gasteiger partial charge in [-0.05, 0) is 82.2 Å². The molecule has 5 aliphatic rings. The molecule has 3 saturated carbocycles. The van der Waals surface area contributed by atoms with Crippen molar-refractivity contribution in [3.05, 3.63) is 82.9 Å². The van der Waals surface area contributed by atoms with Crippen molar-refractivity contribution in [1.82, 2.24) is 10.6 Å². The Morgan fingerprint density at radius 1 is 0.885 bits per heavy atom. The number of hydrogen-bond acceptors (Lipinski definition) is 20. The van der Waals surface area contributed by atoms with Crippen molar-refractivity contribution in [2.75, 3.05) is 6.61 Å². The van der Waals surface area contributed by atoms with Crippen LogP contribution < -0.4 is 22.1 Å². The lowest BCUT2D eigenvalue weighted by Gasteiger charge is -2.67. The summed E-state index contributed by atoms with van der Waals surface area (Å²) in [7, 11) is 0. The maximum absolute atomic E-state index is 15.3. The van der Waals surface area contributed by atoms with Gasteiger partial charge in [-0.2, -0.15) is 0 Å². The third-order valence-corrected chi connectivity index (χ3v) is 15.8. The first-order valence-electron chi connectivity index (χ1n) is 25.8. The van der Waals surface area contributed by atoms with Crippen molar-refractivity contribution < 1.29 is 91.6 Å². The van der Waals surface area contributed by atoms with Crippen molar-refractivity contribution in [3.63, 3.8) is 0 Å². The Labute approximate surface area is 450 Å². The average molecular weight is 1090 g/mol. The van der Waals surface area contributed by atoms with E-state index in [9.17, 15) is 48.9 Å². The third-order valence-electron chi connectivity index (χ3n) is 15.8. The van der Waals surface area contributed by atoms with Gasteiger partial charge in [0.1, 0.15) is 48.3 Å². The van der Waals surface area contributed by atoms with Crippen LogP contribution >= 0.6 is 0 Å². The highest BCUT2D eigenvalue weighted by atomic mass is 16.6. The molecule has 2 aromatic carbocycles. The van der Waals surface area contributed by atoms with Gasteiger partial charge in [0.15, 0.2) is 11.4 Å². The predicted octanol–water partition coefficient (Wildman–Crippen LogP) is 1.67. The second kappa shape index (κ2) is 22.5. The fourth-order valence-corrected chi connectivity index (χ4v) is 11.5. The van der Waals surface area contributed by atoms with Crippen LogP contribution in [0, 0.1) is 22.7 Å². The Morgan fingerprint density at radius 2 is 1.51 bits per heavy atom. The standard InChI is InChI=1S/C55H70N4O19/c1-27-34(24-55(71)45(76-47(67)31-17-13-10-14-18-31)43-53(8,44(65)41(64)39(27)52(55,6)7)35(61)23-36-54(43,26-73-36)77-28(2)60)74-49(69)42(40(30-19-20-30)59-50(70)78-51(3,4)5)75-48(68)33(22-37(57)62)58-46(66)32(56)21-38(63)72-25-29-15-11-9-12-16-29/h9-18,30,32-36,40-43,45,61,64,71H,19-26,56H2,1-8H3,(H2,57,62)(H,58,66)(H,59,70)/t32-,33+,34+,35+,36-,40+,41-,42?,43+,45+,53-,54+,55-/m1/s1. The van der Waals surface area contributed by atoms with Gasteiger partial charge in [0, 0.05) is 25.2 Å². The van der Waals surface area contributed by atoms with Gasteiger partial charge in [-0.1, -0.05) is 62.4 Å². The van der Waals surface area contributed by atoms with Crippen molar-refractivity contribution in [2.24, 2.45) is 34.1 Å². The number of ketones is 1. The average Bonchev–Trinajstić information content (AvgIpc) is 3.74. The van der Waals surface area contributed by atoms with E-state index in [-0.39, 0.29) is 36.3 Å². The molecule has 13 atom stereocenters. The van der Waals surface area contributed by atoms with E-state index in [2.05, 4.69) is 10.6 Å². The van der Waals surface area contributed by atoms with Crippen LogP contribution in [-0.2, 0) is 73.3 Å². The van der Waals surface area contributed by atoms with E-state index in [1.165, 1.54) is 39.8 Å². The number of esters is 5. The molecule has 3 amide bonds. The van der Waals surface area contributed by atoms with Crippen LogP contribution in [0.1, 0.15) is 110 Å². The van der Waals surface area contributed by atoms with E-state index in [1.807, 2.05) is 0 Å². The zero-order valence-corrected chi connectivity index (χ0v) is 44.8. The number of carbonyl (C=O) groups excluding carboxylic acids is 9. The molecule has 9 N–H and O–H groups in total. The molecule has 424 valence electrons. The van der Waals surface area contributed by atoms with Crippen LogP contribution in [0.25, 0.3) is 0 Å². The molecule has 1 heterocycles. The molecule has 2 bridgehead atoms. The lowest BCUT2D eigenvalue weighted by Crippen LogP contribution is -2.81. The number of nitrogens with one attached hydrogen (secondary N) is 2. The number of ether oxygens (including phenoxy) is 7. The molecular weight excluding hydrogens is 1020 g/mol. The molecule has 1 unspecified atom stereocenters. The lowest BCUT2D eigenvalue weighted by atomic mass is 9.44. The summed E-state index contributed by atoms with van der Waals surface area (Å²) in [4.78, 5) is 124. The number of Topliss-reactive ketones (excluding diaryl/α,β-unsaturated/α-hetero) is 1. The van der Waals surface area contributed by atoms with Gasteiger partial charge in [-0.3, -0.25) is 24.0 Å². The minimum atomic E-state index is -2.53. The Hall–Kier alpha value is -6.79. The van der Waals surface area contributed by atoms with Crippen molar-refractivity contribution >= 4 is 53.5 Å². The molecule has 1 aliphatic heterocycles. The summed E-state index contributed by atoms with van der Waals surface area (Å²) in [6.45, 7) is 11.0. The fraction of sp³-hybridized carbons (Fsp3) is 0.582. The molecule has 2 aromatic rings. The number of benzene rings is 2. The highest BCUT2D eigenvalue weighted by Gasteiger charge is 2.78. The first-order valence-corrected chi connectivity index (χ1v) is 25.8. The number of aliphatic hydroxyl groups is 3. The number of primary amides is 1. The van der Waals surface area contributed by atoms with Crippen molar-refractivity contribution in [3.8, 4) is 0 Å². The van der Waals surface area contributed by atoms with Gasteiger partial charge < -0.3 is 70.6 Å². The van der Waals surface area contributed by atoms with Crippen molar-refractivity contribution in [1.29, 1.82) is 0 Å². The molecule has 7 rings (SSSR count). The minimum Gasteiger partial charge on any atom is -0.461 e. The van der Waals surface area contributed by atoms with E-state index in [0.717, 1.165) is 6.92 Å². The number of aliphatic hydroxyl groups excluding tert-OH is 2. The first kappa shape index (κ1) is 58.9. The van der Waals surface area contributed by atoms with E-state index in [1.54, 1.807) is 69.3 Å². The molecule has 1 saturated heterocycles.